The maximum absolute atomic E-state index is 13.9. The summed E-state index contributed by atoms with van der Waals surface area (Å²) in [6, 6.07) is 2.07. The van der Waals surface area contributed by atoms with Gasteiger partial charge in [-0.3, -0.25) is 9.78 Å². The smallest absolute Gasteiger partial charge is 0.198 e. The molecule has 0 aromatic carbocycles. The van der Waals surface area contributed by atoms with E-state index in [9.17, 15) is 9.90 Å². The molecule has 1 saturated carbocycles. The molecule has 1 aliphatic carbocycles. The zero-order chi connectivity index (χ0) is 23.5. The van der Waals surface area contributed by atoms with Gasteiger partial charge in [-0.05, 0) is 65.5 Å². The first kappa shape index (κ1) is 23.5. The molecule has 2 aromatic rings. The van der Waals surface area contributed by atoms with Crippen molar-refractivity contribution in [3.05, 3.63) is 46.5 Å². The van der Waals surface area contributed by atoms with Crippen molar-refractivity contribution in [1.29, 1.82) is 0 Å². The van der Waals surface area contributed by atoms with E-state index in [1.165, 1.54) is 0 Å². The number of carbonyl (C=O) groups is 1. The molecule has 0 amide bonds. The Morgan fingerprint density at radius 2 is 1.87 bits per heavy atom. The number of hydrogen-bond donors (Lipinski definition) is 1. The summed E-state index contributed by atoms with van der Waals surface area (Å²) in [5.74, 6) is 0.232. The zero-order valence-corrected chi connectivity index (χ0v) is 20.9. The Kier molecular flexibility index (Phi) is 5.90. The van der Waals surface area contributed by atoms with Crippen molar-refractivity contribution in [3.8, 4) is 0 Å². The first-order valence-corrected chi connectivity index (χ1v) is 11.3. The minimum atomic E-state index is -0.368. The summed E-state index contributed by atoms with van der Waals surface area (Å²) in [7, 11) is 2.04. The van der Waals surface area contributed by atoms with Gasteiger partial charge in [0, 0.05) is 47.7 Å². The number of nitrogens with zero attached hydrogens (tertiary/aromatic N) is 3. The molecule has 170 valence electrons. The van der Waals surface area contributed by atoms with E-state index in [0.717, 1.165) is 34.6 Å². The van der Waals surface area contributed by atoms with Crippen LogP contribution in [0.1, 0.15) is 80.8 Å². The highest BCUT2D eigenvalue weighted by molar-refractivity contribution is 6.14. The second kappa shape index (κ2) is 7.77. The van der Waals surface area contributed by atoms with Crippen LogP contribution >= 0.6 is 0 Å². The third-order valence-electron chi connectivity index (χ3n) is 7.48. The fourth-order valence-electron chi connectivity index (χ4n) is 5.43. The molecule has 3 rings (SSSR count). The molecule has 3 atom stereocenters. The average molecular weight is 426 g/mol. The van der Waals surface area contributed by atoms with Crippen LogP contribution in [-0.4, -0.2) is 39.6 Å². The van der Waals surface area contributed by atoms with Crippen LogP contribution in [0.4, 0.5) is 5.69 Å². The Balaban J connectivity index is 2.10. The van der Waals surface area contributed by atoms with Gasteiger partial charge in [0.1, 0.15) is 0 Å². The number of rotatable bonds is 4. The Hall–Kier alpha value is -2.14. The molecule has 31 heavy (non-hydrogen) atoms. The van der Waals surface area contributed by atoms with Crippen molar-refractivity contribution in [2.45, 2.75) is 86.4 Å². The van der Waals surface area contributed by atoms with Gasteiger partial charge in [0.15, 0.2) is 5.78 Å². The Morgan fingerprint density at radius 3 is 2.35 bits per heavy atom. The van der Waals surface area contributed by atoms with Crippen LogP contribution in [0, 0.1) is 32.1 Å². The molecule has 1 N–H and O–H groups in total. The summed E-state index contributed by atoms with van der Waals surface area (Å²) in [4.78, 5) is 20.5. The lowest BCUT2D eigenvalue weighted by atomic mass is 9.83. The van der Waals surface area contributed by atoms with E-state index in [2.05, 4.69) is 62.9 Å². The van der Waals surface area contributed by atoms with E-state index in [1.54, 1.807) is 6.20 Å². The highest BCUT2D eigenvalue weighted by Gasteiger charge is 2.48. The molecule has 1 unspecified atom stereocenters. The number of anilines is 1. The molecule has 5 nitrogen and oxygen atoms in total. The zero-order valence-electron chi connectivity index (χ0n) is 20.9. The second-order valence-electron chi connectivity index (χ2n) is 11.0. The van der Waals surface area contributed by atoms with E-state index in [0.29, 0.717) is 5.56 Å². The number of aliphatic hydroxyl groups excluding tert-OH is 1. The molecular formula is C26H39N3O2. The average Bonchev–Trinajstić information content (AvgIpc) is 3.08. The van der Waals surface area contributed by atoms with Gasteiger partial charge < -0.3 is 14.6 Å². The Labute approximate surface area is 187 Å². The molecule has 0 saturated heterocycles. The number of aromatic nitrogens is 2. The summed E-state index contributed by atoms with van der Waals surface area (Å²) in [6.45, 7) is 18.8. The van der Waals surface area contributed by atoms with Crippen molar-refractivity contribution in [2.75, 3.05) is 11.9 Å². The molecular weight excluding hydrogens is 386 g/mol. The third kappa shape index (κ3) is 3.82. The number of aliphatic hydroxyl groups is 1. The van der Waals surface area contributed by atoms with Crippen LogP contribution in [-0.2, 0) is 5.54 Å². The summed E-state index contributed by atoms with van der Waals surface area (Å²) in [6.07, 6.45) is 4.29. The topological polar surface area (TPSA) is 58.4 Å². The summed E-state index contributed by atoms with van der Waals surface area (Å²) >= 11 is 0. The SMILES string of the molecule is Cc1nccc(N(C)[C@@H]2CC(C)[C@@H](O)C2(C)C)c1C(=O)c1cn(C(C)(C)C)c(C)c1C. The van der Waals surface area contributed by atoms with E-state index in [4.69, 9.17) is 0 Å². The van der Waals surface area contributed by atoms with E-state index >= 15 is 0 Å². The highest BCUT2D eigenvalue weighted by Crippen LogP contribution is 2.45. The lowest BCUT2D eigenvalue weighted by molar-refractivity contribution is 0.0456. The first-order chi connectivity index (χ1) is 14.2. The molecule has 2 heterocycles. The summed E-state index contributed by atoms with van der Waals surface area (Å²) in [5, 5.41) is 10.7. The quantitative estimate of drug-likeness (QED) is 0.698. The van der Waals surface area contributed by atoms with Crippen LogP contribution < -0.4 is 4.90 Å². The van der Waals surface area contributed by atoms with Gasteiger partial charge in [0.05, 0.1) is 23.0 Å². The third-order valence-corrected chi connectivity index (χ3v) is 7.48. The lowest BCUT2D eigenvalue weighted by Crippen LogP contribution is -2.44. The van der Waals surface area contributed by atoms with Crippen molar-refractivity contribution < 1.29 is 9.90 Å². The fraction of sp³-hybridized carbons (Fsp3) is 0.615. The molecule has 5 heteroatoms. The monoisotopic (exact) mass is 425 g/mol. The molecule has 1 fully saturated rings. The molecule has 0 radical (unpaired) electrons. The summed E-state index contributed by atoms with van der Waals surface area (Å²) in [5.41, 5.74) is 4.77. The highest BCUT2D eigenvalue weighted by atomic mass is 16.3. The largest absolute Gasteiger partial charge is 0.392 e. The lowest BCUT2D eigenvalue weighted by Gasteiger charge is -2.38. The second-order valence-corrected chi connectivity index (χ2v) is 11.0. The first-order valence-electron chi connectivity index (χ1n) is 11.3. The van der Waals surface area contributed by atoms with E-state index in [-0.39, 0.29) is 34.8 Å². The predicted octanol–water partition coefficient (Wildman–Crippen LogP) is 5.03. The number of ketones is 1. The fourth-order valence-corrected chi connectivity index (χ4v) is 5.43. The molecule has 2 aromatic heterocycles. The van der Waals surface area contributed by atoms with Gasteiger partial charge in [-0.15, -0.1) is 0 Å². The van der Waals surface area contributed by atoms with Crippen molar-refractivity contribution in [3.63, 3.8) is 0 Å². The van der Waals surface area contributed by atoms with Gasteiger partial charge in [0.2, 0.25) is 0 Å². The maximum atomic E-state index is 13.9. The summed E-state index contributed by atoms with van der Waals surface area (Å²) < 4.78 is 2.18. The normalized spacial score (nSPS) is 23.3. The van der Waals surface area contributed by atoms with Crippen molar-refractivity contribution in [2.24, 2.45) is 11.3 Å². The van der Waals surface area contributed by atoms with E-state index in [1.807, 2.05) is 33.2 Å². The van der Waals surface area contributed by atoms with Gasteiger partial charge >= 0.3 is 0 Å². The van der Waals surface area contributed by atoms with Crippen molar-refractivity contribution in [1.82, 2.24) is 9.55 Å². The van der Waals surface area contributed by atoms with Crippen molar-refractivity contribution >= 4 is 11.5 Å². The van der Waals surface area contributed by atoms with Crippen LogP contribution in [0.15, 0.2) is 18.5 Å². The number of pyridine rings is 1. The van der Waals surface area contributed by atoms with Gasteiger partial charge in [-0.2, -0.15) is 0 Å². The Morgan fingerprint density at radius 1 is 1.26 bits per heavy atom. The maximum Gasteiger partial charge on any atom is 0.198 e. The number of carbonyl (C=O) groups excluding carboxylic acids is 1. The predicted molar refractivity (Wildman–Crippen MR) is 127 cm³/mol. The van der Waals surface area contributed by atoms with Gasteiger partial charge in [0.25, 0.3) is 0 Å². The van der Waals surface area contributed by atoms with Gasteiger partial charge in [-0.1, -0.05) is 20.8 Å². The van der Waals surface area contributed by atoms with Gasteiger partial charge in [-0.25, -0.2) is 0 Å². The molecule has 1 aliphatic rings. The molecule has 0 bridgehead atoms. The van der Waals surface area contributed by atoms with Crippen LogP contribution in [0.5, 0.6) is 0 Å². The molecule has 0 aliphatic heterocycles. The van der Waals surface area contributed by atoms with Crippen LogP contribution in [0.25, 0.3) is 0 Å². The number of hydrogen-bond acceptors (Lipinski definition) is 4. The minimum Gasteiger partial charge on any atom is -0.392 e. The van der Waals surface area contributed by atoms with Crippen LogP contribution in [0.3, 0.4) is 0 Å². The van der Waals surface area contributed by atoms with E-state index < -0.39 is 0 Å². The minimum absolute atomic E-state index is 0.0143. The van der Waals surface area contributed by atoms with Crippen LogP contribution in [0.2, 0.25) is 0 Å². The number of aryl methyl sites for hydroxylation is 1. The standard InChI is InChI=1S/C26H39N3O2/c1-15-13-21(26(8,9)24(15)31)28(10)20-11-12-27-17(3)22(20)23(30)19-14-29(25(5,6)7)18(4)16(19)2/h11-12,14-15,21,24,31H,13H2,1-10H3/t15?,21-,24-/m1/s1. The molecule has 0 spiro atoms. The Bertz CT molecular complexity index is 997.